The van der Waals surface area contributed by atoms with Crippen LogP contribution in [0.4, 0.5) is 5.69 Å². The van der Waals surface area contributed by atoms with E-state index in [1.165, 1.54) is 6.92 Å². The third-order valence-electron chi connectivity index (χ3n) is 2.72. The zero-order valence-corrected chi connectivity index (χ0v) is 12.5. The predicted molar refractivity (Wildman–Crippen MR) is 85.2 cm³/mol. The van der Waals surface area contributed by atoms with Crippen molar-refractivity contribution in [2.75, 3.05) is 5.43 Å². The Morgan fingerprint density at radius 2 is 1.95 bits per heavy atom. The second-order valence-corrected chi connectivity index (χ2v) is 4.90. The van der Waals surface area contributed by atoms with Gasteiger partial charge >= 0.3 is 5.97 Å². The monoisotopic (exact) mass is 302 g/mol. The summed E-state index contributed by atoms with van der Waals surface area (Å²) < 4.78 is 4.95. The Morgan fingerprint density at radius 1 is 1.24 bits per heavy atom. The molecule has 0 aromatic heterocycles. The molecule has 0 aliphatic heterocycles. The smallest absolute Gasteiger partial charge is 0.308 e. The minimum Gasteiger partial charge on any atom is -0.427 e. The number of nitrogens with one attached hydrogen (secondary N) is 1. The Hall–Kier alpha value is -2.33. The van der Waals surface area contributed by atoms with E-state index in [-0.39, 0.29) is 5.97 Å². The Balaban J connectivity index is 1.97. The molecule has 0 spiro atoms. The highest BCUT2D eigenvalue weighted by atomic mass is 35.5. The van der Waals surface area contributed by atoms with Crippen LogP contribution >= 0.6 is 11.6 Å². The molecule has 108 valence electrons. The fourth-order valence-corrected chi connectivity index (χ4v) is 1.81. The molecule has 0 amide bonds. The summed E-state index contributed by atoms with van der Waals surface area (Å²) in [6, 6.07) is 12.7. The first-order chi connectivity index (χ1) is 10.0. The van der Waals surface area contributed by atoms with Crippen LogP contribution in [0.2, 0.25) is 5.02 Å². The molecule has 1 N–H and O–H groups in total. The highest BCUT2D eigenvalue weighted by Crippen LogP contribution is 2.19. The lowest BCUT2D eigenvalue weighted by Crippen LogP contribution is -2.01. The van der Waals surface area contributed by atoms with Gasteiger partial charge in [0.25, 0.3) is 0 Å². The molecule has 2 aromatic carbocycles. The number of halogens is 1. The van der Waals surface area contributed by atoms with Crippen molar-refractivity contribution in [3.8, 4) is 5.75 Å². The van der Waals surface area contributed by atoms with Gasteiger partial charge in [0.05, 0.1) is 11.9 Å². The quantitative estimate of drug-likeness (QED) is 0.402. The second kappa shape index (κ2) is 6.90. The van der Waals surface area contributed by atoms with Gasteiger partial charge < -0.3 is 4.74 Å². The molecule has 0 heterocycles. The Morgan fingerprint density at radius 3 is 2.57 bits per heavy atom. The van der Waals surface area contributed by atoms with E-state index in [2.05, 4.69) is 10.5 Å². The van der Waals surface area contributed by atoms with Crippen LogP contribution in [0.1, 0.15) is 18.1 Å². The van der Waals surface area contributed by atoms with E-state index in [0.717, 1.165) is 16.8 Å². The minimum absolute atomic E-state index is 0.339. The third kappa shape index (κ3) is 4.61. The number of benzene rings is 2. The normalized spacial score (nSPS) is 10.6. The summed E-state index contributed by atoms with van der Waals surface area (Å²) in [6.45, 7) is 3.31. The largest absolute Gasteiger partial charge is 0.427 e. The summed E-state index contributed by atoms with van der Waals surface area (Å²) in [7, 11) is 0. The molecule has 5 heteroatoms. The van der Waals surface area contributed by atoms with Gasteiger partial charge in [-0.05, 0) is 54.4 Å². The number of aryl methyl sites for hydroxylation is 1. The number of hydrazone groups is 1. The van der Waals surface area contributed by atoms with E-state index in [1.807, 2.05) is 37.3 Å². The number of hydrogen-bond acceptors (Lipinski definition) is 4. The first kappa shape index (κ1) is 15.1. The van der Waals surface area contributed by atoms with Crippen molar-refractivity contribution in [2.24, 2.45) is 5.10 Å². The SMILES string of the molecule is CC(=O)Oc1ccc(/C=N/Nc2ccc(C)c(Cl)c2)cc1. The van der Waals surface area contributed by atoms with Gasteiger partial charge in [0.2, 0.25) is 0 Å². The van der Waals surface area contributed by atoms with Crippen LogP contribution in [-0.2, 0) is 4.79 Å². The van der Waals surface area contributed by atoms with Crippen molar-refractivity contribution in [2.45, 2.75) is 13.8 Å². The lowest BCUT2D eigenvalue weighted by molar-refractivity contribution is -0.131. The summed E-state index contributed by atoms with van der Waals surface area (Å²) in [5.74, 6) is 0.173. The van der Waals surface area contributed by atoms with Gasteiger partial charge in [0.15, 0.2) is 0 Å². The molecule has 0 aliphatic rings. The summed E-state index contributed by atoms with van der Waals surface area (Å²) in [5, 5.41) is 4.83. The first-order valence-electron chi connectivity index (χ1n) is 6.38. The van der Waals surface area contributed by atoms with Crippen molar-refractivity contribution >= 4 is 29.5 Å². The Labute approximate surface area is 128 Å². The second-order valence-electron chi connectivity index (χ2n) is 4.50. The highest BCUT2D eigenvalue weighted by molar-refractivity contribution is 6.31. The molecule has 0 unspecified atom stereocenters. The van der Waals surface area contributed by atoms with Crippen LogP contribution < -0.4 is 10.2 Å². The fraction of sp³-hybridized carbons (Fsp3) is 0.125. The average molecular weight is 303 g/mol. The fourth-order valence-electron chi connectivity index (χ4n) is 1.63. The molecule has 0 radical (unpaired) electrons. The van der Waals surface area contributed by atoms with E-state index in [9.17, 15) is 4.79 Å². The number of rotatable bonds is 4. The summed E-state index contributed by atoms with van der Waals surface area (Å²) >= 11 is 6.04. The van der Waals surface area contributed by atoms with Gasteiger partial charge in [0, 0.05) is 11.9 Å². The maximum Gasteiger partial charge on any atom is 0.308 e. The van der Waals surface area contributed by atoms with Crippen LogP contribution in [0.15, 0.2) is 47.6 Å². The van der Waals surface area contributed by atoms with E-state index < -0.39 is 0 Å². The zero-order valence-electron chi connectivity index (χ0n) is 11.8. The Kier molecular flexibility index (Phi) is 4.95. The molecule has 0 bridgehead atoms. The number of anilines is 1. The highest BCUT2D eigenvalue weighted by Gasteiger charge is 1.98. The molecule has 21 heavy (non-hydrogen) atoms. The third-order valence-corrected chi connectivity index (χ3v) is 3.13. The van der Waals surface area contributed by atoms with E-state index in [0.29, 0.717) is 10.8 Å². The number of carbonyl (C=O) groups excluding carboxylic acids is 1. The van der Waals surface area contributed by atoms with E-state index in [4.69, 9.17) is 16.3 Å². The zero-order chi connectivity index (χ0) is 15.2. The Bertz CT molecular complexity index is 666. The maximum absolute atomic E-state index is 10.8. The van der Waals surface area contributed by atoms with Gasteiger partial charge in [-0.25, -0.2) is 0 Å². The van der Waals surface area contributed by atoms with Crippen LogP contribution in [0.3, 0.4) is 0 Å². The summed E-state index contributed by atoms with van der Waals surface area (Å²) in [6.07, 6.45) is 1.67. The van der Waals surface area contributed by atoms with Crippen LogP contribution in [0, 0.1) is 6.92 Å². The van der Waals surface area contributed by atoms with Crippen LogP contribution in [0.25, 0.3) is 0 Å². The lowest BCUT2D eigenvalue weighted by atomic mass is 10.2. The standard InChI is InChI=1S/C16H15ClN2O2/c1-11-3-6-14(9-16(11)17)19-18-10-13-4-7-15(8-5-13)21-12(2)20/h3-10,19H,1-2H3/b18-10+. The van der Waals surface area contributed by atoms with Gasteiger partial charge in [-0.2, -0.15) is 5.10 Å². The number of esters is 1. The van der Waals surface area contributed by atoms with Gasteiger partial charge in [-0.1, -0.05) is 17.7 Å². The van der Waals surface area contributed by atoms with Gasteiger partial charge in [0.1, 0.15) is 5.75 Å². The average Bonchev–Trinajstić information content (AvgIpc) is 2.44. The van der Waals surface area contributed by atoms with Crippen molar-refractivity contribution in [1.82, 2.24) is 0 Å². The minimum atomic E-state index is -0.339. The molecule has 0 atom stereocenters. The molecule has 0 saturated heterocycles. The van der Waals surface area contributed by atoms with Gasteiger partial charge in [-0.3, -0.25) is 10.2 Å². The first-order valence-corrected chi connectivity index (χ1v) is 6.76. The molecule has 2 rings (SSSR count). The van der Waals surface area contributed by atoms with E-state index in [1.54, 1.807) is 18.3 Å². The van der Waals surface area contributed by atoms with Crippen LogP contribution in [0.5, 0.6) is 5.75 Å². The lowest BCUT2D eigenvalue weighted by Gasteiger charge is -2.03. The number of ether oxygens (including phenoxy) is 1. The van der Waals surface area contributed by atoms with Gasteiger partial charge in [-0.15, -0.1) is 0 Å². The molecule has 2 aromatic rings. The number of hydrogen-bond donors (Lipinski definition) is 1. The van der Waals surface area contributed by atoms with Crippen molar-refractivity contribution in [3.63, 3.8) is 0 Å². The molecule has 0 aliphatic carbocycles. The number of nitrogens with zero attached hydrogens (tertiary/aromatic N) is 1. The summed E-state index contributed by atoms with van der Waals surface area (Å²) in [5.41, 5.74) is 5.63. The number of carbonyl (C=O) groups is 1. The van der Waals surface area contributed by atoms with Crippen molar-refractivity contribution < 1.29 is 9.53 Å². The molecular formula is C16H15ClN2O2. The molecule has 0 fully saturated rings. The molecule has 0 saturated carbocycles. The van der Waals surface area contributed by atoms with E-state index >= 15 is 0 Å². The molecule has 4 nitrogen and oxygen atoms in total. The summed E-state index contributed by atoms with van der Waals surface area (Å²) in [4.78, 5) is 10.8. The predicted octanol–water partition coefficient (Wildman–Crippen LogP) is 4.02. The molecular weight excluding hydrogens is 288 g/mol. The maximum atomic E-state index is 10.8. The topological polar surface area (TPSA) is 50.7 Å². The van der Waals surface area contributed by atoms with Crippen molar-refractivity contribution in [1.29, 1.82) is 0 Å². The van der Waals surface area contributed by atoms with Crippen LogP contribution in [-0.4, -0.2) is 12.2 Å². The van der Waals surface area contributed by atoms with Crippen molar-refractivity contribution in [3.05, 3.63) is 58.6 Å².